The molecule has 186 valence electrons. The van der Waals surface area contributed by atoms with Gasteiger partial charge in [0, 0.05) is 34.8 Å². The topological polar surface area (TPSA) is 84.4 Å². The van der Waals surface area contributed by atoms with Crippen molar-refractivity contribution >= 4 is 50.4 Å². The van der Waals surface area contributed by atoms with Crippen LogP contribution in [0, 0.1) is 5.82 Å². The minimum atomic E-state index is -4.24. The van der Waals surface area contributed by atoms with Crippen LogP contribution >= 0.6 is 34.5 Å². The first kappa shape index (κ1) is 24.9. The predicted octanol–water partition coefficient (Wildman–Crippen LogP) is 6.45. The standard InChI is InChI=1S/C24H19Cl2FN4O3S2/c25-16-2-3-21(18(9-16)15-4-5-28-17(8-15)12-31-6-1-7-31)34-22-11-20(27)23(10-19(22)26)36(32,33)30-24-13-35-14-29-24/h2-5,8-11,13-14,30H,1,6-7,12H2. The van der Waals surface area contributed by atoms with Crippen molar-refractivity contribution in [3.8, 4) is 22.6 Å². The molecular weight excluding hydrogens is 546 g/mol. The van der Waals surface area contributed by atoms with E-state index in [0.29, 0.717) is 16.3 Å². The Morgan fingerprint density at radius 3 is 2.64 bits per heavy atom. The van der Waals surface area contributed by atoms with Crippen LogP contribution in [0.3, 0.4) is 0 Å². The molecule has 0 spiro atoms. The van der Waals surface area contributed by atoms with Crippen LogP contribution in [-0.4, -0.2) is 36.4 Å². The Labute approximate surface area is 221 Å². The van der Waals surface area contributed by atoms with Crippen LogP contribution in [0.25, 0.3) is 11.1 Å². The molecule has 0 unspecified atom stereocenters. The van der Waals surface area contributed by atoms with Crippen molar-refractivity contribution in [2.75, 3.05) is 17.8 Å². The minimum Gasteiger partial charge on any atom is -0.455 e. The molecule has 3 heterocycles. The Balaban J connectivity index is 1.45. The molecule has 12 heteroatoms. The van der Waals surface area contributed by atoms with E-state index in [1.807, 2.05) is 12.1 Å². The summed E-state index contributed by atoms with van der Waals surface area (Å²) in [6, 6.07) is 10.8. The van der Waals surface area contributed by atoms with Crippen molar-refractivity contribution in [1.29, 1.82) is 0 Å². The first-order chi connectivity index (χ1) is 17.3. The minimum absolute atomic E-state index is 0.0415. The first-order valence-electron chi connectivity index (χ1n) is 10.8. The van der Waals surface area contributed by atoms with E-state index in [4.69, 9.17) is 27.9 Å². The average Bonchev–Trinajstić information content (AvgIpc) is 3.32. The van der Waals surface area contributed by atoms with Crippen LogP contribution in [0.1, 0.15) is 12.1 Å². The second-order valence-corrected chi connectivity index (χ2v) is 11.3. The fourth-order valence-electron chi connectivity index (χ4n) is 3.69. The molecule has 0 atom stereocenters. The molecular formula is C24H19Cl2FN4O3S2. The van der Waals surface area contributed by atoms with Crippen LogP contribution < -0.4 is 9.46 Å². The van der Waals surface area contributed by atoms with Gasteiger partial charge >= 0.3 is 0 Å². The van der Waals surface area contributed by atoms with Gasteiger partial charge in [0.15, 0.2) is 5.82 Å². The molecule has 36 heavy (non-hydrogen) atoms. The maximum atomic E-state index is 14.9. The number of halogens is 3. The van der Waals surface area contributed by atoms with E-state index in [-0.39, 0.29) is 16.6 Å². The lowest BCUT2D eigenvalue weighted by Gasteiger charge is -2.30. The summed E-state index contributed by atoms with van der Waals surface area (Å²) in [6.07, 6.45) is 2.90. The molecule has 0 bridgehead atoms. The zero-order valence-corrected chi connectivity index (χ0v) is 21.8. The van der Waals surface area contributed by atoms with Crippen LogP contribution in [0.5, 0.6) is 11.5 Å². The molecule has 0 aliphatic carbocycles. The van der Waals surface area contributed by atoms with Crippen molar-refractivity contribution in [1.82, 2.24) is 14.9 Å². The van der Waals surface area contributed by atoms with Gasteiger partial charge in [-0.05, 0) is 61.5 Å². The van der Waals surface area contributed by atoms with Crippen LogP contribution in [-0.2, 0) is 16.6 Å². The highest BCUT2D eigenvalue weighted by atomic mass is 35.5. The number of rotatable bonds is 8. The van der Waals surface area contributed by atoms with E-state index >= 15 is 0 Å². The van der Waals surface area contributed by atoms with Crippen molar-refractivity contribution in [3.05, 3.63) is 81.1 Å². The van der Waals surface area contributed by atoms with E-state index in [1.54, 1.807) is 24.4 Å². The van der Waals surface area contributed by atoms with Crippen LogP contribution in [0.4, 0.5) is 10.2 Å². The number of likely N-dealkylation sites (tertiary alicyclic amines) is 1. The second-order valence-electron chi connectivity index (χ2n) is 8.10. The van der Waals surface area contributed by atoms with Gasteiger partial charge in [0.2, 0.25) is 0 Å². The van der Waals surface area contributed by atoms with Crippen LogP contribution in [0.2, 0.25) is 10.0 Å². The number of sulfonamides is 1. The fourth-order valence-corrected chi connectivity index (χ4v) is 5.77. The molecule has 1 aliphatic heterocycles. The summed E-state index contributed by atoms with van der Waals surface area (Å²) in [7, 11) is -4.24. The molecule has 0 saturated carbocycles. The van der Waals surface area contributed by atoms with E-state index in [0.717, 1.165) is 43.0 Å². The normalized spacial score (nSPS) is 13.9. The van der Waals surface area contributed by atoms with Gasteiger partial charge in [-0.1, -0.05) is 23.2 Å². The van der Waals surface area contributed by atoms with Crippen molar-refractivity contribution in [2.24, 2.45) is 0 Å². The number of nitrogens with zero attached hydrogens (tertiary/aromatic N) is 3. The molecule has 2 aromatic carbocycles. The number of ether oxygens (including phenoxy) is 1. The molecule has 7 nitrogen and oxygen atoms in total. The van der Waals surface area contributed by atoms with E-state index < -0.39 is 20.7 Å². The number of aromatic nitrogens is 2. The molecule has 2 aromatic heterocycles. The monoisotopic (exact) mass is 564 g/mol. The van der Waals surface area contributed by atoms with Gasteiger partial charge in [-0.3, -0.25) is 14.6 Å². The lowest BCUT2D eigenvalue weighted by Crippen LogP contribution is -2.36. The number of pyridine rings is 1. The Bertz CT molecular complexity index is 1510. The Morgan fingerprint density at radius 2 is 1.92 bits per heavy atom. The van der Waals surface area contributed by atoms with Gasteiger partial charge in [0.1, 0.15) is 22.2 Å². The summed E-state index contributed by atoms with van der Waals surface area (Å²) in [5, 5.41) is 1.90. The molecule has 5 rings (SSSR count). The van der Waals surface area contributed by atoms with E-state index in [1.165, 1.54) is 28.6 Å². The Kier molecular flexibility index (Phi) is 7.14. The lowest BCUT2D eigenvalue weighted by atomic mass is 10.0. The molecule has 1 fully saturated rings. The maximum absolute atomic E-state index is 14.9. The van der Waals surface area contributed by atoms with E-state index in [9.17, 15) is 12.8 Å². The molecule has 1 aliphatic rings. The number of benzene rings is 2. The van der Waals surface area contributed by atoms with Gasteiger partial charge in [-0.25, -0.2) is 17.8 Å². The quantitative estimate of drug-likeness (QED) is 0.264. The van der Waals surface area contributed by atoms with E-state index in [2.05, 4.69) is 19.6 Å². The molecule has 4 aromatic rings. The molecule has 1 saturated heterocycles. The number of hydrogen-bond donors (Lipinski definition) is 1. The van der Waals surface area contributed by atoms with Gasteiger partial charge in [-0.2, -0.15) is 0 Å². The summed E-state index contributed by atoms with van der Waals surface area (Å²) < 4.78 is 48.4. The zero-order valence-electron chi connectivity index (χ0n) is 18.6. The maximum Gasteiger partial charge on any atom is 0.266 e. The number of hydrogen-bond acceptors (Lipinski definition) is 7. The highest BCUT2D eigenvalue weighted by molar-refractivity contribution is 7.92. The number of anilines is 1. The second kappa shape index (κ2) is 10.3. The summed E-state index contributed by atoms with van der Waals surface area (Å²) in [4.78, 5) is 9.99. The van der Waals surface area contributed by atoms with Gasteiger partial charge in [-0.15, -0.1) is 11.3 Å². The van der Waals surface area contributed by atoms with Crippen LogP contribution in [0.15, 0.2) is 64.4 Å². The highest BCUT2D eigenvalue weighted by Crippen LogP contribution is 2.39. The SMILES string of the molecule is O=S(=O)(Nc1cscn1)c1cc(Cl)c(Oc2ccc(Cl)cc2-c2ccnc(CN3CCC3)c2)cc1F. The zero-order chi connectivity index (χ0) is 25.3. The fraction of sp³-hybridized carbons (Fsp3) is 0.167. The van der Waals surface area contributed by atoms with Gasteiger partial charge < -0.3 is 4.74 Å². The smallest absolute Gasteiger partial charge is 0.266 e. The van der Waals surface area contributed by atoms with Crippen molar-refractivity contribution in [2.45, 2.75) is 17.9 Å². The van der Waals surface area contributed by atoms with Crippen molar-refractivity contribution < 1.29 is 17.5 Å². The number of nitrogens with one attached hydrogen (secondary N) is 1. The molecule has 1 N–H and O–H groups in total. The lowest BCUT2D eigenvalue weighted by molar-refractivity contribution is 0.170. The van der Waals surface area contributed by atoms with Gasteiger partial charge in [0.25, 0.3) is 10.0 Å². The molecule has 0 amide bonds. The largest absolute Gasteiger partial charge is 0.455 e. The summed E-state index contributed by atoms with van der Waals surface area (Å²) in [5.74, 6) is -0.598. The summed E-state index contributed by atoms with van der Waals surface area (Å²) >= 11 is 13.8. The Hall–Kier alpha value is -2.76. The third-order valence-corrected chi connectivity index (χ3v) is 8.06. The average molecular weight is 565 g/mol. The highest BCUT2D eigenvalue weighted by Gasteiger charge is 2.23. The summed E-state index contributed by atoms with van der Waals surface area (Å²) in [6.45, 7) is 2.84. The summed E-state index contributed by atoms with van der Waals surface area (Å²) in [5.41, 5.74) is 3.84. The third-order valence-electron chi connectivity index (χ3n) is 5.57. The third kappa shape index (κ3) is 5.47. The Morgan fingerprint density at radius 1 is 1.08 bits per heavy atom. The first-order valence-corrected chi connectivity index (χ1v) is 14.0. The predicted molar refractivity (Wildman–Crippen MR) is 139 cm³/mol. The van der Waals surface area contributed by atoms with Gasteiger partial charge in [0.05, 0.1) is 16.2 Å². The number of thiazole rings is 1. The molecule has 0 radical (unpaired) electrons. The van der Waals surface area contributed by atoms with Crippen molar-refractivity contribution in [3.63, 3.8) is 0 Å².